The molecule has 2 rings (SSSR count). The van der Waals surface area contributed by atoms with Crippen LogP contribution in [0.2, 0.25) is 0 Å². The first-order valence-electron chi connectivity index (χ1n) is 9.66. The predicted molar refractivity (Wildman–Crippen MR) is 121 cm³/mol. The Morgan fingerprint density at radius 2 is 1.83 bits per heavy atom. The summed E-state index contributed by atoms with van der Waals surface area (Å²) in [6.45, 7) is 4.89. The molecule has 0 aromatic heterocycles. The van der Waals surface area contributed by atoms with Crippen LogP contribution >= 0.6 is 12.2 Å². The third kappa shape index (κ3) is 7.46. The second kappa shape index (κ2) is 11.9. The van der Waals surface area contributed by atoms with Crippen molar-refractivity contribution in [3.63, 3.8) is 0 Å². The third-order valence-electron chi connectivity index (χ3n) is 3.91. The van der Waals surface area contributed by atoms with Crippen LogP contribution in [-0.4, -0.2) is 43.3 Å². The monoisotopic (exact) mass is 429 g/mol. The first-order valence-corrected chi connectivity index (χ1v) is 10.1. The van der Waals surface area contributed by atoms with Gasteiger partial charge in [0, 0.05) is 31.5 Å². The molecule has 0 fully saturated rings. The molecule has 0 aliphatic heterocycles. The van der Waals surface area contributed by atoms with Gasteiger partial charge < -0.3 is 20.1 Å². The number of nitrogens with one attached hydrogen (secondary N) is 3. The molecule has 30 heavy (non-hydrogen) atoms. The van der Waals surface area contributed by atoms with Crippen LogP contribution < -0.4 is 20.7 Å². The van der Waals surface area contributed by atoms with Crippen molar-refractivity contribution >= 4 is 34.8 Å². The molecular weight excluding hydrogens is 402 g/mol. The number of benzene rings is 2. The Morgan fingerprint density at radius 1 is 1.07 bits per heavy atom. The molecule has 0 saturated carbocycles. The molecule has 2 aromatic carbocycles. The number of carbonyl (C=O) groups excluding carboxylic acids is 2. The van der Waals surface area contributed by atoms with Gasteiger partial charge in [0.1, 0.15) is 5.75 Å². The van der Waals surface area contributed by atoms with E-state index in [4.69, 9.17) is 21.7 Å². The van der Waals surface area contributed by atoms with E-state index in [0.717, 1.165) is 6.42 Å². The highest BCUT2D eigenvalue weighted by Crippen LogP contribution is 2.19. The lowest BCUT2D eigenvalue weighted by Crippen LogP contribution is -2.34. The number of ether oxygens (including phenoxy) is 2. The number of para-hydroxylation sites is 1. The van der Waals surface area contributed by atoms with Crippen molar-refractivity contribution in [2.45, 2.75) is 26.4 Å². The normalized spacial score (nSPS) is 10.4. The van der Waals surface area contributed by atoms with Gasteiger partial charge in [0.25, 0.3) is 11.8 Å². The van der Waals surface area contributed by atoms with Gasteiger partial charge in [-0.15, -0.1) is 0 Å². The first kappa shape index (κ1) is 23.3. The van der Waals surface area contributed by atoms with Gasteiger partial charge in [-0.25, -0.2) is 0 Å². The van der Waals surface area contributed by atoms with Gasteiger partial charge in [0.15, 0.2) is 5.11 Å². The Balaban J connectivity index is 1.97. The fourth-order valence-corrected chi connectivity index (χ4v) is 2.81. The van der Waals surface area contributed by atoms with E-state index < -0.39 is 0 Å². The summed E-state index contributed by atoms with van der Waals surface area (Å²) in [5.41, 5.74) is 1.47. The van der Waals surface area contributed by atoms with Crippen molar-refractivity contribution in [1.82, 2.24) is 10.6 Å². The summed E-state index contributed by atoms with van der Waals surface area (Å²) >= 11 is 5.25. The maximum Gasteiger partial charge on any atom is 0.261 e. The fourth-order valence-electron chi connectivity index (χ4n) is 2.60. The lowest BCUT2D eigenvalue weighted by atomic mass is 10.2. The van der Waals surface area contributed by atoms with Gasteiger partial charge in [-0.05, 0) is 62.8 Å². The van der Waals surface area contributed by atoms with Gasteiger partial charge in [0.05, 0.1) is 11.7 Å². The van der Waals surface area contributed by atoms with E-state index >= 15 is 0 Å². The van der Waals surface area contributed by atoms with Crippen LogP contribution in [0.15, 0.2) is 48.5 Å². The van der Waals surface area contributed by atoms with Crippen molar-refractivity contribution in [2.24, 2.45) is 0 Å². The molecule has 7 nitrogen and oxygen atoms in total. The zero-order valence-corrected chi connectivity index (χ0v) is 18.2. The maximum absolute atomic E-state index is 12.6. The van der Waals surface area contributed by atoms with Gasteiger partial charge in [0.2, 0.25) is 0 Å². The number of hydrogen-bond acceptors (Lipinski definition) is 5. The van der Waals surface area contributed by atoms with E-state index in [-0.39, 0.29) is 23.0 Å². The van der Waals surface area contributed by atoms with E-state index in [1.54, 1.807) is 55.6 Å². The summed E-state index contributed by atoms with van der Waals surface area (Å²) in [5, 5.41) is 8.52. The topological polar surface area (TPSA) is 88.7 Å². The molecule has 0 atom stereocenters. The summed E-state index contributed by atoms with van der Waals surface area (Å²) < 4.78 is 10.6. The predicted octanol–water partition coefficient (Wildman–Crippen LogP) is 3.37. The minimum Gasteiger partial charge on any atom is -0.490 e. The van der Waals surface area contributed by atoms with Crippen LogP contribution in [0.25, 0.3) is 0 Å². The summed E-state index contributed by atoms with van der Waals surface area (Å²) in [5.74, 6) is -0.0831. The number of hydrogen-bond donors (Lipinski definition) is 3. The summed E-state index contributed by atoms with van der Waals surface area (Å²) in [6.07, 6.45) is 0.672. The molecule has 0 aliphatic rings. The molecule has 3 N–H and O–H groups in total. The van der Waals surface area contributed by atoms with Gasteiger partial charge in [-0.1, -0.05) is 18.2 Å². The largest absolute Gasteiger partial charge is 0.490 e. The lowest BCUT2D eigenvalue weighted by molar-refractivity contribution is 0.0945. The molecule has 0 saturated heterocycles. The van der Waals surface area contributed by atoms with Gasteiger partial charge in [-0.2, -0.15) is 0 Å². The molecular formula is C22H27N3O4S. The number of amides is 2. The highest BCUT2D eigenvalue weighted by Gasteiger charge is 2.15. The Morgan fingerprint density at radius 3 is 2.57 bits per heavy atom. The highest BCUT2D eigenvalue weighted by molar-refractivity contribution is 7.80. The van der Waals surface area contributed by atoms with E-state index in [0.29, 0.717) is 35.7 Å². The molecule has 0 spiro atoms. The minimum absolute atomic E-state index is 0.0626. The molecule has 0 bridgehead atoms. The SMILES string of the molecule is COCCCNC(=O)c1cccc(NC(=S)NC(=O)c2ccccc2OC(C)C)c1. The van der Waals surface area contributed by atoms with E-state index in [1.807, 2.05) is 13.8 Å². The number of anilines is 1. The zero-order chi connectivity index (χ0) is 21.9. The van der Waals surface area contributed by atoms with Crippen molar-refractivity contribution in [3.05, 3.63) is 59.7 Å². The summed E-state index contributed by atoms with van der Waals surface area (Å²) in [6, 6.07) is 13.8. The molecule has 0 radical (unpaired) electrons. The third-order valence-corrected chi connectivity index (χ3v) is 4.12. The standard InChI is InChI=1S/C22H27N3O4S/c1-15(2)29-19-11-5-4-10-18(19)21(27)25-22(30)24-17-9-6-8-16(14-17)20(26)23-12-7-13-28-3/h4-6,8-11,14-15H,7,12-13H2,1-3H3,(H,23,26)(H2,24,25,27,30). The smallest absolute Gasteiger partial charge is 0.261 e. The fraction of sp³-hybridized carbons (Fsp3) is 0.318. The molecule has 0 unspecified atom stereocenters. The molecule has 0 aliphatic carbocycles. The second-order valence-electron chi connectivity index (χ2n) is 6.75. The van der Waals surface area contributed by atoms with Crippen LogP contribution in [0.5, 0.6) is 5.75 Å². The van der Waals surface area contributed by atoms with E-state index in [2.05, 4.69) is 16.0 Å². The molecule has 2 aromatic rings. The molecule has 2 amide bonds. The van der Waals surface area contributed by atoms with E-state index in [1.165, 1.54) is 0 Å². The average Bonchev–Trinajstić information content (AvgIpc) is 2.71. The minimum atomic E-state index is -0.379. The Hall–Kier alpha value is -2.97. The summed E-state index contributed by atoms with van der Waals surface area (Å²) in [4.78, 5) is 24.8. The number of methoxy groups -OCH3 is 1. The van der Waals surface area contributed by atoms with Crippen molar-refractivity contribution < 1.29 is 19.1 Å². The van der Waals surface area contributed by atoms with Crippen LogP contribution in [-0.2, 0) is 4.74 Å². The zero-order valence-electron chi connectivity index (χ0n) is 17.4. The summed E-state index contributed by atoms with van der Waals surface area (Å²) in [7, 11) is 1.62. The molecule has 160 valence electrons. The Labute approximate surface area is 182 Å². The maximum atomic E-state index is 12.6. The van der Waals surface area contributed by atoms with Crippen molar-refractivity contribution in [1.29, 1.82) is 0 Å². The van der Waals surface area contributed by atoms with Gasteiger partial charge >= 0.3 is 0 Å². The number of thiocarbonyl (C=S) groups is 1. The van der Waals surface area contributed by atoms with Crippen molar-refractivity contribution in [3.8, 4) is 5.75 Å². The Bertz CT molecular complexity index is 886. The van der Waals surface area contributed by atoms with Crippen LogP contribution in [0.1, 0.15) is 41.0 Å². The van der Waals surface area contributed by atoms with E-state index in [9.17, 15) is 9.59 Å². The lowest BCUT2D eigenvalue weighted by Gasteiger charge is -2.15. The first-order chi connectivity index (χ1) is 14.4. The highest BCUT2D eigenvalue weighted by atomic mass is 32.1. The Kier molecular flexibility index (Phi) is 9.24. The quantitative estimate of drug-likeness (QED) is 0.418. The second-order valence-corrected chi connectivity index (χ2v) is 7.16. The average molecular weight is 430 g/mol. The molecule has 8 heteroatoms. The van der Waals surface area contributed by atoms with Gasteiger partial charge in [-0.3, -0.25) is 14.9 Å². The van der Waals surface area contributed by atoms with Crippen LogP contribution in [0.3, 0.4) is 0 Å². The van der Waals surface area contributed by atoms with Crippen molar-refractivity contribution in [2.75, 3.05) is 25.6 Å². The van der Waals surface area contributed by atoms with Crippen LogP contribution in [0.4, 0.5) is 5.69 Å². The number of carbonyl (C=O) groups is 2. The van der Waals surface area contributed by atoms with Crippen LogP contribution in [0, 0.1) is 0 Å². The molecule has 0 heterocycles. The number of rotatable bonds is 9.